The Morgan fingerprint density at radius 1 is 1.75 bits per heavy atom. The van der Waals surface area contributed by atoms with Crippen molar-refractivity contribution in [2.45, 2.75) is 10.3 Å². The molecule has 0 aliphatic heterocycles. The van der Waals surface area contributed by atoms with Gasteiger partial charge in [0.2, 0.25) is 0 Å². The number of nitriles is 1. The Labute approximate surface area is 85.5 Å². The summed E-state index contributed by atoms with van der Waals surface area (Å²) in [4.78, 5) is 10.2. The van der Waals surface area contributed by atoms with E-state index in [4.69, 9.17) is 5.26 Å². The smallest absolute Gasteiger partial charge is 0.308 e. The minimum Gasteiger partial charge on any atom is -0.550 e. The maximum Gasteiger partial charge on any atom is 0.308 e. The zero-order valence-electron chi connectivity index (χ0n) is 7.08. The van der Waals surface area contributed by atoms with Crippen LogP contribution >= 0.6 is 22.6 Å². The minimum atomic E-state index is -1.06. The Bertz CT molecular complexity index is 210. The van der Waals surface area contributed by atoms with Crippen LogP contribution in [0.2, 0.25) is 0 Å². The number of quaternary nitrogens is 1. The minimum absolute atomic E-state index is 0.00389. The van der Waals surface area contributed by atoms with Gasteiger partial charge in [0.25, 0.3) is 0 Å². The lowest BCUT2D eigenvalue weighted by atomic mass is 10.3. The van der Waals surface area contributed by atoms with Gasteiger partial charge >= 0.3 is 6.19 Å². The predicted octanol–water partition coefficient (Wildman–Crippen LogP) is -0.513. The zero-order chi connectivity index (χ0) is 9.78. The maximum absolute atomic E-state index is 10.2. The third kappa shape index (κ3) is 5.32. The Hall–Kier alpha value is -0.350. The number of hydrogen-bond acceptors (Lipinski definition) is 3. The second-order valence-electron chi connectivity index (χ2n) is 3.14. The highest BCUT2D eigenvalue weighted by atomic mass is 127. The van der Waals surface area contributed by atoms with E-state index < -0.39 is 5.97 Å². The average molecular weight is 282 g/mol. The molecule has 5 heteroatoms. The van der Waals surface area contributed by atoms with Crippen LogP contribution < -0.4 is 5.11 Å². The van der Waals surface area contributed by atoms with E-state index >= 15 is 0 Å². The quantitative estimate of drug-likeness (QED) is 0.302. The largest absolute Gasteiger partial charge is 0.550 e. The van der Waals surface area contributed by atoms with Gasteiger partial charge in [0.05, 0.1) is 18.0 Å². The highest BCUT2D eigenvalue weighted by molar-refractivity contribution is 14.1. The summed E-state index contributed by atoms with van der Waals surface area (Å²) in [6, 6.07) is 0. The summed E-state index contributed by atoms with van der Waals surface area (Å²) in [5.41, 5.74) is 0. The van der Waals surface area contributed by atoms with E-state index in [1.807, 2.05) is 22.6 Å². The highest BCUT2D eigenvalue weighted by Gasteiger charge is 2.19. The molecule has 0 aromatic carbocycles. The normalized spacial score (nSPS) is 13.5. The lowest BCUT2D eigenvalue weighted by molar-refractivity contribution is -0.823. The zero-order valence-corrected chi connectivity index (χ0v) is 9.24. The number of carbonyl (C=O) groups excluding carboxylic acids is 1. The fourth-order valence-corrected chi connectivity index (χ4v) is 2.13. The van der Waals surface area contributed by atoms with Gasteiger partial charge in [-0.05, 0) is 0 Å². The van der Waals surface area contributed by atoms with Crippen molar-refractivity contribution in [3.05, 3.63) is 0 Å². The van der Waals surface area contributed by atoms with Crippen LogP contribution in [-0.4, -0.2) is 35.0 Å². The Morgan fingerprint density at radius 3 is 2.58 bits per heavy atom. The summed E-state index contributed by atoms with van der Waals surface area (Å²) in [6.45, 7) is 0.519. The van der Waals surface area contributed by atoms with Gasteiger partial charge in [-0.2, -0.15) is 0 Å². The molecule has 0 bridgehead atoms. The van der Waals surface area contributed by atoms with Gasteiger partial charge in [0.15, 0.2) is 0 Å². The van der Waals surface area contributed by atoms with Crippen LogP contribution in [0.25, 0.3) is 0 Å². The molecule has 12 heavy (non-hydrogen) atoms. The van der Waals surface area contributed by atoms with Crippen molar-refractivity contribution in [2.75, 3.05) is 20.6 Å². The monoisotopic (exact) mass is 282 g/mol. The van der Waals surface area contributed by atoms with Crippen LogP contribution in [0.4, 0.5) is 0 Å². The molecule has 0 amide bonds. The lowest BCUT2D eigenvalue weighted by Crippen LogP contribution is -2.40. The molecule has 0 aromatic heterocycles. The standard InChI is InChI=1S/C7H11IN2O2/c1-10(2,5-9)4-6(8)3-7(11)12/h6H,3-4H2,1-2H3. The van der Waals surface area contributed by atoms with E-state index in [1.54, 1.807) is 14.1 Å². The van der Waals surface area contributed by atoms with Gasteiger partial charge < -0.3 is 9.90 Å². The van der Waals surface area contributed by atoms with E-state index in [0.717, 1.165) is 0 Å². The fraction of sp³-hybridized carbons (Fsp3) is 0.714. The second-order valence-corrected chi connectivity index (χ2v) is 4.90. The molecule has 4 nitrogen and oxygen atoms in total. The van der Waals surface area contributed by atoms with Crippen LogP contribution in [0.5, 0.6) is 0 Å². The summed E-state index contributed by atoms with van der Waals surface area (Å²) in [6.07, 6.45) is 2.07. The molecule has 0 spiro atoms. The van der Waals surface area contributed by atoms with Crippen LogP contribution in [0.15, 0.2) is 0 Å². The molecule has 0 heterocycles. The van der Waals surface area contributed by atoms with Gasteiger partial charge in [0, 0.05) is 12.4 Å². The van der Waals surface area contributed by atoms with Gasteiger partial charge in [-0.1, -0.05) is 22.6 Å². The van der Waals surface area contributed by atoms with Gasteiger partial charge in [-0.25, -0.2) is 4.48 Å². The fourth-order valence-electron chi connectivity index (χ4n) is 0.781. The Balaban J connectivity index is 3.94. The van der Waals surface area contributed by atoms with Gasteiger partial charge in [0.1, 0.15) is 6.54 Å². The first-order valence-corrected chi connectivity index (χ1v) is 4.70. The van der Waals surface area contributed by atoms with Crippen molar-refractivity contribution in [1.29, 1.82) is 5.26 Å². The van der Waals surface area contributed by atoms with Crippen molar-refractivity contribution in [2.24, 2.45) is 0 Å². The molecule has 0 saturated carbocycles. The van der Waals surface area contributed by atoms with E-state index in [2.05, 4.69) is 6.19 Å². The number of carbonyl (C=O) groups is 1. The molecule has 0 radical (unpaired) electrons. The van der Waals surface area contributed by atoms with E-state index in [-0.39, 0.29) is 14.8 Å². The number of carboxylic acids is 1. The topological polar surface area (TPSA) is 63.9 Å². The van der Waals surface area contributed by atoms with Crippen molar-refractivity contribution in [3.63, 3.8) is 0 Å². The van der Waals surface area contributed by atoms with Crippen molar-refractivity contribution < 1.29 is 14.4 Å². The highest BCUT2D eigenvalue weighted by Crippen LogP contribution is 2.10. The van der Waals surface area contributed by atoms with Crippen molar-refractivity contribution in [1.82, 2.24) is 0 Å². The number of nitrogens with zero attached hydrogens (tertiary/aromatic N) is 2. The molecule has 0 fully saturated rings. The number of halogens is 1. The predicted molar refractivity (Wildman–Crippen MR) is 50.0 cm³/mol. The van der Waals surface area contributed by atoms with Crippen LogP contribution in [0.1, 0.15) is 6.42 Å². The first-order valence-electron chi connectivity index (χ1n) is 3.45. The maximum atomic E-state index is 10.2. The number of carboxylic acid groups (broad SMARTS) is 1. The Morgan fingerprint density at radius 2 is 2.25 bits per heavy atom. The molecule has 0 rings (SSSR count). The molecule has 0 aromatic rings. The van der Waals surface area contributed by atoms with Crippen molar-refractivity contribution in [3.8, 4) is 6.19 Å². The van der Waals surface area contributed by atoms with E-state index in [9.17, 15) is 9.90 Å². The first kappa shape index (κ1) is 11.6. The molecule has 0 saturated heterocycles. The molecular weight excluding hydrogens is 271 g/mol. The van der Waals surface area contributed by atoms with Crippen LogP contribution in [0, 0.1) is 11.5 Å². The number of alkyl halides is 1. The molecular formula is C7H11IN2O2. The third-order valence-corrected chi connectivity index (χ3v) is 2.15. The summed E-state index contributed by atoms with van der Waals surface area (Å²) < 4.78 is 0.114. The number of hydrogen-bond donors (Lipinski definition) is 0. The van der Waals surface area contributed by atoms with Crippen LogP contribution in [0.3, 0.4) is 0 Å². The molecule has 0 N–H and O–H groups in total. The SMILES string of the molecule is C[N+](C)(C#N)CC(I)CC(=O)[O-]. The van der Waals surface area contributed by atoms with E-state index in [0.29, 0.717) is 6.54 Å². The van der Waals surface area contributed by atoms with Crippen molar-refractivity contribution >= 4 is 28.6 Å². The second kappa shape index (κ2) is 4.62. The Kier molecular flexibility index (Phi) is 4.49. The summed E-state index contributed by atoms with van der Waals surface area (Å²) in [7, 11) is 3.47. The van der Waals surface area contributed by atoms with Crippen LogP contribution in [-0.2, 0) is 4.79 Å². The average Bonchev–Trinajstić information content (AvgIpc) is 1.84. The molecule has 1 unspecified atom stereocenters. The summed E-state index contributed by atoms with van der Waals surface area (Å²) >= 11 is 2.02. The van der Waals surface area contributed by atoms with E-state index in [1.165, 1.54) is 0 Å². The number of rotatable bonds is 4. The first-order chi connectivity index (χ1) is 5.37. The van der Waals surface area contributed by atoms with Gasteiger partial charge in [-0.3, -0.25) is 0 Å². The summed E-state index contributed by atoms with van der Waals surface area (Å²) in [5, 5.41) is 18.8. The number of aliphatic carboxylic acids is 1. The lowest BCUT2D eigenvalue weighted by Gasteiger charge is -2.21. The molecule has 0 aliphatic carbocycles. The molecule has 1 atom stereocenters. The third-order valence-electron chi connectivity index (χ3n) is 1.31. The molecule has 0 aliphatic rings. The summed E-state index contributed by atoms with van der Waals surface area (Å²) in [5.74, 6) is -1.06. The molecule has 68 valence electrons. The van der Waals surface area contributed by atoms with Gasteiger partial charge in [-0.15, -0.1) is 5.26 Å².